The molecule has 0 aliphatic carbocycles. The van der Waals surface area contributed by atoms with E-state index in [1.807, 2.05) is 7.05 Å². The van der Waals surface area contributed by atoms with Crippen molar-refractivity contribution in [3.05, 3.63) is 34.9 Å². The summed E-state index contributed by atoms with van der Waals surface area (Å²) < 4.78 is 11.7. The van der Waals surface area contributed by atoms with E-state index in [2.05, 4.69) is 30.6 Å². The summed E-state index contributed by atoms with van der Waals surface area (Å²) in [5.41, 5.74) is 1.02. The van der Waals surface area contributed by atoms with E-state index in [4.69, 9.17) is 9.47 Å². The Kier molecular flexibility index (Phi) is 7.18. The number of pyridine rings is 1. The zero-order chi connectivity index (χ0) is 24.1. The van der Waals surface area contributed by atoms with Crippen LogP contribution in [0.5, 0.6) is 5.88 Å². The topological polar surface area (TPSA) is 153 Å². The molecule has 1 fully saturated rings. The van der Waals surface area contributed by atoms with Crippen LogP contribution in [-0.2, 0) is 16.6 Å². The van der Waals surface area contributed by atoms with Gasteiger partial charge in [0.25, 0.3) is 5.56 Å². The molecule has 5 heterocycles. The summed E-state index contributed by atoms with van der Waals surface area (Å²) in [5, 5.41) is 6.27. The lowest BCUT2D eigenvalue weighted by Crippen LogP contribution is -2.26. The van der Waals surface area contributed by atoms with E-state index in [9.17, 15) is 14.4 Å². The van der Waals surface area contributed by atoms with E-state index in [1.54, 1.807) is 19.2 Å². The fourth-order valence-corrected chi connectivity index (χ4v) is 3.72. The minimum absolute atomic E-state index is 0.113. The van der Waals surface area contributed by atoms with Crippen LogP contribution in [0, 0.1) is 0 Å². The Bertz CT molecular complexity index is 1280. The Morgan fingerprint density at radius 3 is 2.82 bits per heavy atom. The van der Waals surface area contributed by atoms with E-state index in [-0.39, 0.29) is 11.5 Å². The molecule has 0 bridgehead atoms. The van der Waals surface area contributed by atoms with Gasteiger partial charge in [0, 0.05) is 19.7 Å². The number of anilines is 2. The van der Waals surface area contributed by atoms with Crippen molar-refractivity contribution in [2.24, 2.45) is 7.05 Å². The van der Waals surface area contributed by atoms with Gasteiger partial charge in [0.05, 0.1) is 24.7 Å². The van der Waals surface area contributed by atoms with E-state index in [0.29, 0.717) is 59.2 Å². The monoisotopic (exact) mass is 486 g/mol. The molecule has 3 aromatic heterocycles. The van der Waals surface area contributed by atoms with Gasteiger partial charge in [-0.1, -0.05) is 11.8 Å². The first-order chi connectivity index (χ1) is 16.5. The molecule has 0 spiro atoms. The third kappa shape index (κ3) is 5.23. The summed E-state index contributed by atoms with van der Waals surface area (Å²) in [6.07, 6.45) is 2.36. The van der Waals surface area contributed by atoms with Gasteiger partial charge >= 0.3 is 6.09 Å². The standard InChI is InChI=1S/C11H14N4O2.C9H8N4O3S/c1-12-5-6-17-9-4-3-8-11(14-9)15(2)10(16)7-13-8;14-6-4-17-8-7(12-6)11-5(3-10-8)13-1-2-16-9(13)15/h3-4,7,12H,5-6H2,1-2H3;3H,1-2,4H2,(H,11,12,14). The highest BCUT2D eigenvalue weighted by Crippen LogP contribution is 2.29. The normalized spacial score (nSPS) is 14.7. The quantitative estimate of drug-likeness (QED) is 0.482. The van der Waals surface area contributed by atoms with Gasteiger partial charge in [-0.2, -0.15) is 4.98 Å². The Morgan fingerprint density at radius 1 is 1.21 bits per heavy atom. The first-order valence-corrected chi connectivity index (χ1v) is 11.3. The molecular formula is C20H22N8O5S. The molecule has 2 aliphatic rings. The largest absolute Gasteiger partial charge is 0.476 e. The highest BCUT2D eigenvalue weighted by Gasteiger charge is 2.27. The summed E-state index contributed by atoms with van der Waals surface area (Å²) in [6, 6.07) is 3.53. The minimum atomic E-state index is -0.436. The Hall–Kier alpha value is -3.78. The number of nitrogens with one attached hydrogen (secondary N) is 2. The third-order valence-corrected chi connectivity index (χ3v) is 5.73. The second-order valence-electron chi connectivity index (χ2n) is 7.08. The van der Waals surface area contributed by atoms with Crippen LogP contribution >= 0.6 is 11.8 Å². The molecule has 0 aromatic carbocycles. The number of carbonyl (C=O) groups excluding carboxylic acids is 2. The van der Waals surface area contributed by atoms with Crippen LogP contribution in [0.3, 0.4) is 0 Å². The summed E-state index contributed by atoms with van der Waals surface area (Å²) in [7, 11) is 3.52. The molecule has 178 valence electrons. The van der Waals surface area contributed by atoms with Gasteiger partial charge in [0.1, 0.15) is 23.8 Å². The number of fused-ring (bicyclic) bond motifs is 2. The first kappa shape index (κ1) is 23.4. The van der Waals surface area contributed by atoms with Crippen molar-refractivity contribution < 1.29 is 19.1 Å². The van der Waals surface area contributed by atoms with Gasteiger partial charge in [-0.3, -0.25) is 19.1 Å². The predicted molar refractivity (Wildman–Crippen MR) is 124 cm³/mol. The number of carbonyl (C=O) groups is 2. The number of nitrogens with zero attached hydrogens (tertiary/aromatic N) is 6. The number of rotatable bonds is 5. The van der Waals surface area contributed by atoms with E-state index in [0.717, 1.165) is 6.54 Å². The number of cyclic esters (lactones) is 1. The SMILES string of the molecule is CNCCOc1ccc2ncc(=O)n(C)c2n1.O=C1CSc2ncc(N3CCOC3=O)nc2N1. The van der Waals surface area contributed by atoms with Crippen molar-refractivity contribution in [1.82, 2.24) is 29.8 Å². The summed E-state index contributed by atoms with van der Waals surface area (Å²) in [5.74, 6) is 1.53. The zero-order valence-electron chi connectivity index (χ0n) is 18.5. The van der Waals surface area contributed by atoms with Crippen LogP contribution < -0.4 is 25.8 Å². The second-order valence-corrected chi connectivity index (χ2v) is 8.05. The molecule has 13 nitrogen and oxygen atoms in total. The van der Waals surface area contributed by atoms with Crippen LogP contribution in [0.2, 0.25) is 0 Å². The van der Waals surface area contributed by atoms with E-state index < -0.39 is 6.09 Å². The van der Waals surface area contributed by atoms with Crippen LogP contribution in [0.1, 0.15) is 0 Å². The molecule has 0 saturated carbocycles. The fraction of sp³-hybridized carbons (Fsp3) is 0.350. The molecule has 0 radical (unpaired) electrons. The summed E-state index contributed by atoms with van der Waals surface area (Å²) in [6.45, 7) is 2.07. The zero-order valence-corrected chi connectivity index (χ0v) is 19.3. The molecule has 2 amide bonds. The molecule has 0 atom stereocenters. The van der Waals surface area contributed by atoms with Gasteiger partial charge in [-0.05, 0) is 13.1 Å². The average molecular weight is 487 g/mol. The Labute approximate surface area is 197 Å². The van der Waals surface area contributed by atoms with Crippen molar-refractivity contribution >= 4 is 46.6 Å². The number of aryl methyl sites for hydroxylation is 1. The van der Waals surface area contributed by atoms with Gasteiger partial charge < -0.3 is 20.1 Å². The lowest BCUT2D eigenvalue weighted by Gasteiger charge is -2.17. The lowest BCUT2D eigenvalue weighted by atomic mass is 10.4. The molecule has 2 aliphatic heterocycles. The van der Waals surface area contributed by atoms with Crippen molar-refractivity contribution in [3.8, 4) is 5.88 Å². The number of thioether (sulfide) groups is 1. The number of likely N-dealkylation sites (N-methyl/N-ethyl adjacent to an activating group) is 1. The molecule has 5 rings (SSSR count). The Morgan fingerprint density at radius 2 is 2.06 bits per heavy atom. The summed E-state index contributed by atoms with van der Waals surface area (Å²) in [4.78, 5) is 52.0. The smallest absolute Gasteiger partial charge is 0.415 e. The molecule has 34 heavy (non-hydrogen) atoms. The maximum atomic E-state index is 11.4. The van der Waals surface area contributed by atoms with Gasteiger partial charge in [-0.25, -0.2) is 19.7 Å². The predicted octanol–water partition coefficient (Wildman–Crippen LogP) is 0.404. The van der Waals surface area contributed by atoms with Gasteiger partial charge in [0.2, 0.25) is 11.8 Å². The summed E-state index contributed by atoms with van der Waals surface area (Å²) >= 11 is 1.33. The van der Waals surface area contributed by atoms with Gasteiger partial charge in [-0.15, -0.1) is 0 Å². The van der Waals surface area contributed by atoms with Crippen LogP contribution in [0.4, 0.5) is 16.4 Å². The van der Waals surface area contributed by atoms with Crippen LogP contribution in [0.15, 0.2) is 34.3 Å². The van der Waals surface area contributed by atoms with E-state index >= 15 is 0 Å². The van der Waals surface area contributed by atoms with E-state index in [1.165, 1.54) is 33.6 Å². The lowest BCUT2D eigenvalue weighted by molar-refractivity contribution is -0.113. The number of amides is 2. The van der Waals surface area contributed by atoms with Crippen LogP contribution in [0.25, 0.3) is 11.2 Å². The highest BCUT2D eigenvalue weighted by atomic mass is 32.2. The number of hydrogen-bond donors (Lipinski definition) is 2. The third-order valence-electron chi connectivity index (χ3n) is 4.75. The minimum Gasteiger partial charge on any atom is -0.476 e. The molecule has 1 saturated heterocycles. The fourth-order valence-electron chi connectivity index (χ4n) is 3.01. The first-order valence-electron chi connectivity index (χ1n) is 10.3. The molecular weight excluding hydrogens is 464 g/mol. The van der Waals surface area contributed by atoms with Gasteiger partial charge in [0.15, 0.2) is 17.3 Å². The molecule has 14 heteroatoms. The maximum Gasteiger partial charge on any atom is 0.415 e. The number of aromatic nitrogens is 5. The van der Waals surface area contributed by atoms with Crippen molar-refractivity contribution in [1.29, 1.82) is 0 Å². The number of hydrogen-bond acceptors (Lipinski definition) is 11. The second kappa shape index (κ2) is 10.4. The molecule has 2 N–H and O–H groups in total. The number of ether oxygens (including phenoxy) is 2. The maximum absolute atomic E-state index is 11.4. The van der Waals surface area contributed by atoms with Crippen molar-refractivity contribution in [2.45, 2.75) is 5.03 Å². The van der Waals surface area contributed by atoms with Crippen molar-refractivity contribution in [2.75, 3.05) is 49.3 Å². The average Bonchev–Trinajstić information content (AvgIpc) is 3.27. The van der Waals surface area contributed by atoms with Crippen molar-refractivity contribution in [3.63, 3.8) is 0 Å². The molecule has 0 unspecified atom stereocenters. The highest BCUT2D eigenvalue weighted by molar-refractivity contribution is 8.00. The van der Waals surface area contributed by atoms with Crippen LogP contribution in [-0.4, -0.2) is 75.6 Å². The Balaban J connectivity index is 0.000000161. The molecule has 3 aromatic rings.